The van der Waals surface area contributed by atoms with Crippen LogP contribution in [0.1, 0.15) is 57.9 Å². The zero-order valence-corrected chi connectivity index (χ0v) is 11.6. The molecule has 1 aromatic rings. The normalized spacial score (nSPS) is 14.0. The summed E-state index contributed by atoms with van der Waals surface area (Å²) in [5, 5.41) is 7.50. The van der Waals surface area contributed by atoms with Gasteiger partial charge in [-0.25, -0.2) is 0 Å². The summed E-state index contributed by atoms with van der Waals surface area (Å²) in [7, 11) is 0. The maximum atomic E-state index is 3.95. The molecule has 0 radical (unpaired) electrons. The molecule has 0 bridgehead atoms. The summed E-state index contributed by atoms with van der Waals surface area (Å²) in [6, 6.07) is 0.430. The average molecular weight is 241 g/mol. The van der Waals surface area contributed by atoms with E-state index in [0.717, 1.165) is 19.4 Å². The molecule has 0 fully saturated rings. The Bertz CT molecular complexity index is 277. The molecule has 1 rings (SSSR count). The van der Waals surface area contributed by atoms with Gasteiger partial charge in [-0.05, 0) is 42.8 Å². The first-order valence-corrected chi connectivity index (χ1v) is 6.81. The molecule has 0 saturated carbocycles. The topological polar surface area (TPSA) is 37.8 Å². The first-order valence-electron chi connectivity index (χ1n) is 6.03. The van der Waals surface area contributed by atoms with Crippen LogP contribution in [0.5, 0.6) is 0 Å². The van der Waals surface area contributed by atoms with Crippen molar-refractivity contribution < 1.29 is 0 Å². The van der Waals surface area contributed by atoms with Gasteiger partial charge in [0.25, 0.3) is 0 Å². The largest absolute Gasteiger partial charge is 0.309 e. The summed E-state index contributed by atoms with van der Waals surface area (Å²) in [6.45, 7) is 10.1. The van der Waals surface area contributed by atoms with Crippen LogP contribution in [0, 0.1) is 5.41 Å². The lowest BCUT2D eigenvalue weighted by atomic mass is 9.88. The molecule has 0 aliphatic rings. The highest BCUT2D eigenvalue weighted by Crippen LogP contribution is 2.28. The molecule has 0 aliphatic carbocycles. The predicted molar refractivity (Wildman–Crippen MR) is 69.6 cm³/mol. The third-order valence-electron chi connectivity index (χ3n) is 2.55. The molecule has 1 unspecified atom stereocenters. The van der Waals surface area contributed by atoms with E-state index in [1.165, 1.54) is 22.8 Å². The van der Waals surface area contributed by atoms with Crippen molar-refractivity contribution in [2.45, 2.75) is 53.0 Å². The van der Waals surface area contributed by atoms with Gasteiger partial charge in [-0.3, -0.25) is 0 Å². The van der Waals surface area contributed by atoms with E-state index in [1.54, 1.807) is 0 Å². The number of aromatic nitrogens is 2. The summed E-state index contributed by atoms with van der Waals surface area (Å²) in [5.74, 6) is 0. The number of nitrogens with zero attached hydrogens (tertiary/aromatic N) is 2. The fourth-order valence-corrected chi connectivity index (χ4v) is 2.18. The number of hydrogen-bond acceptors (Lipinski definition) is 4. The highest BCUT2D eigenvalue weighted by molar-refractivity contribution is 7.05. The fourth-order valence-electron chi connectivity index (χ4n) is 1.57. The SMILES string of the molecule is CCCNC(CCC(C)(C)C)c1cnns1. The third-order valence-corrected chi connectivity index (χ3v) is 3.32. The fraction of sp³-hybridized carbons (Fsp3) is 0.833. The molecule has 0 saturated heterocycles. The second kappa shape index (κ2) is 6.30. The summed E-state index contributed by atoms with van der Waals surface area (Å²) in [6.07, 6.45) is 5.43. The van der Waals surface area contributed by atoms with Gasteiger partial charge >= 0.3 is 0 Å². The molecule has 0 spiro atoms. The van der Waals surface area contributed by atoms with Crippen molar-refractivity contribution in [3.05, 3.63) is 11.1 Å². The lowest BCUT2D eigenvalue weighted by molar-refractivity contribution is 0.333. The van der Waals surface area contributed by atoms with Crippen LogP contribution in [0.25, 0.3) is 0 Å². The van der Waals surface area contributed by atoms with Gasteiger partial charge in [0.1, 0.15) is 0 Å². The standard InChI is InChI=1S/C12H23N3S/c1-5-8-13-10(6-7-12(2,3)4)11-9-14-15-16-11/h9-10,13H,5-8H2,1-4H3. The van der Waals surface area contributed by atoms with Crippen LogP contribution >= 0.6 is 11.5 Å². The van der Waals surface area contributed by atoms with Gasteiger partial charge in [0.2, 0.25) is 0 Å². The molecule has 0 aromatic carbocycles. The quantitative estimate of drug-likeness (QED) is 0.829. The predicted octanol–water partition coefficient (Wildman–Crippen LogP) is 3.41. The average Bonchev–Trinajstić information content (AvgIpc) is 2.69. The van der Waals surface area contributed by atoms with Crippen LogP contribution in [0.3, 0.4) is 0 Å². The van der Waals surface area contributed by atoms with Crippen molar-refractivity contribution in [3.63, 3.8) is 0 Å². The van der Waals surface area contributed by atoms with Crippen molar-refractivity contribution in [2.75, 3.05) is 6.54 Å². The Labute approximate surface area is 103 Å². The first kappa shape index (κ1) is 13.6. The van der Waals surface area contributed by atoms with Gasteiger partial charge < -0.3 is 5.32 Å². The van der Waals surface area contributed by atoms with E-state index in [9.17, 15) is 0 Å². The van der Waals surface area contributed by atoms with Crippen molar-refractivity contribution >= 4 is 11.5 Å². The van der Waals surface area contributed by atoms with Gasteiger partial charge in [0, 0.05) is 6.04 Å². The lowest BCUT2D eigenvalue weighted by Gasteiger charge is -2.22. The van der Waals surface area contributed by atoms with Crippen molar-refractivity contribution in [2.24, 2.45) is 5.41 Å². The van der Waals surface area contributed by atoms with Crippen molar-refractivity contribution in [1.29, 1.82) is 0 Å². The molecule has 0 amide bonds. The van der Waals surface area contributed by atoms with Crippen LogP contribution in [0.4, 0.5) is 0 Å². The first-order chi connectivity index (χ1) is 7.53. The zero-order valence-electron chi connectivity index (χ0n) is 10.8. The Morgan fingerprint density at radius 2 is 2.19 bits per heavy atom. The Balaban J connectivity index is 2.51. The third kappa shape index (κ3) is 5.03. The van der Waals surface area contributed by atoms with E-state index in [4.69, 9.17) is 0 Å². The monoisotopic (exact) mass is 241 g/mol. The molecular formula is C12H23N3S. The Kier molecular flexibility index (Phi) is 5.35. The lowest BCUT2D eigenvalue weighted by Crippen LogP contribution is -2.23. The maximum Gasteiger partial charge on any atom is 0.0669 e. The highest BCUT2D eigenvalue weighted by Gasteiger charge is 2.17. The van der Waals surface area contributed by atoms with E-state index in [2.05, 4.69) is 42.6 Å². The van der Waals surface area contributed by atoms with Gasteiger partial charge in [0.15, 0.2) is 0 Å². The molecule has 92 valence electrons. The molecule has 3 nitrogen and oxygen atoms in total. The smallest absolute Gasteiger partial charge is 0.0669 e. The second-order valence-corrected chi connectivity index (χ2v) is 6.24. The van der Waals surface area contributed by atoms with Crippen molar-refractivity contribution in [1.82, 2.24) is 14.9 Å². The van der Waals surface area contributed by atoms with Gasteiger partial charge in [0.05, 0.1) is 11.1 Å². The van der Waals surface area contributed by atoms with Crippen LogP contribution in [0.2, 0.25) is 0 Å². The molecule has 1 N–H and O–H groups in total. The van der Waals surface area contributed by atoms with E-state index in [-0.39, 0.29) is 0 Å². The molecule has 1 heterocycles. The highest BCUT2D eigenvalue weighted by atomic mass is 32.1. The van der Waals surface area contributed by atoms with Gasteiger partial charge in [-0.1, -0.05) is 32.2 Å². The number of nitrogens with one attached hydrogen (secondary N) is 1. The van der Waals surface area contributed by atoms with Crippen LogP contribution in [0.15, 0.2) is 6.20 Å². The minimum Gasteiger partial charge on any atom is -0.309 e. The maximum absolute atomic E-state index is 3.95. The Morgan fingerprint density at radius 3 is 2.69 bits per heavy atom. The van der Waals surface area contributed by atoms with Crippen molar-refractivity contribution in [3.8, 4) is 0 Å². The van der Waals surface area contributed by atoms with Gasteiger partial charge in [-0.2, -0.15) is 0 Å². The minimum absolute atomic E-state index is 0.393. The van der Waals surface area contributed by atoms with Gasteiger partial charge in [-0.15, -0.1) is 5.10 Å². The van der Waals surface area contributed by atoms with E-state index in [0.29, 0.717) is 11.5 Å². The Hall–Kier alpha value is -0.480. The number of rotatable bonds is 6. The molecule has 16 heavy (non-hydrogen) atoms. The summed E-state index contributed by atoms with van der Waals surface area (Å²) in [4.78, 5) is 1.26. The van der Waals surface area contributed by atoms with E-state index < -0.39 is 0 Å². The van der Waals surface area contributed by atoms with E-state index in [1.807, 2.05) is 6.20 Å². The van der Waals surface area contributed by atoms with Crippen LogP contribution < -0.4 is 5.32 Å². The molecule has 0 aliphatic heterocycles. The Morgan fingerprint density at radius 1 is 1.44 bits per heavy atom. The summed E-state index contributed by atoms with van der Waals surface area (Å²) in [5.41, 5.74) is 0.393. The molecular weight excluding hydrogens is 218 g/mol. The number of hydrogen-bond donors (Lipinski definition) is 1. The van der Waals surface area contributed by atoms with Crippen LogP contribution in [-0.4, -0.2) is 16.1 Å². The second-order valence-electron chi connectivity index (χ2n) is 5.43. The van der Waals surface area contributed by atoms with Crippen LogP contribution in [-0.2, 0) is 0 Å². The molecule has 1 aromatic heterocycles. The molecule has 4 heteroatoms. The molecule has 1 atom stereocenters. The zero-order chi connectivity index (χ0) is 12.0. The summed E-state index contributed by atoms with van der Waals surface area (Å²) >= 11 is 1.51. The van der Waals surface area contributed by atoms with E-state index >= 15 is 0 Å². The summed E-state index contributed by atoms with van der Waals surface area (Å²) < 4.78 is 3.95. The minimum atomic E-state index is 0.393.